The predicted octanol–water partition coefficient (Wildman–Crippen LogP) is 3.56. The predicted molar refractivity (Wildman–Crippen MR) is 70.4 cm³/mol. The number of alkyl halides is 1. The van der Waals surface area contributed by atoms with Crippen molar-refractivity contribution in [2.45, 2.75) is 24.2 Å². The van der Waals surface area contributed by atoms with Gasteiger partial charge in [0.05, 0.1) is 4.32 Å². The van der Waals surface area contributed by atoms with Crippen LogP contribution in [0.3, 0.4) is 0 Å². The average Bonchev–Trinajstić information content (AvgIpc) is 2.76. The van der Waals surface area contributed by atoms with Gasteiger partial charge in [-0.25, -0.2) is 0 Å². The molecule has 3 rings (SSSR count). The second-order valence-corrected chi connectivity index (χ2v) is 6.68. The first kappa shape index (κ1) is 10.4. The van der Waals surface area contributed by atoms with Crippen molar-refractivity contribution in [3.63, 3.8) is 0 Å². The van der Waals surface area contributed by atoms with Crippen LogP contribution in [0, 0.1) is 5.41 Å². The van der Waals surface area contributed by atoms with Crippen LogP contribution >= 0.6 is 15.9 Å². The maximum absolute atomic E-state index is 4.25. The Morgan fingerprint density at radius 2 is 2.06 bits per heavy atom. The number of piperidine rings is 1. The third-order valence-corrected chi connectivity index (χ3v) is 5.76. The number of allylic oxidation sites excluding steroid dienone is 1. The normalized spacial score (nSPS) is 36.4. The number of hydrogen-bond acceptors (Lipinski definition) is 1. The molecule has 1 aliphatic heterocycles. The van der Waals surface area contributed by atoms with E-state index in [0.717, 1.165) is 13.1 Å². The highest BCUT2D eigenvalue weighted by Gasteiger charge is 2.70. The van der Waals surface area contributed by atoms with Crippen LogP contribution in [0.2, 0.25) is 0 Å². The summed E-state index contributed by atoms with van der Waals surface area (Å²) in [6.45, 7) is 8.72. The standard InChI is InChI=1S/C14H16BrN/c1-11-14(15)9-13(14,2)10-16(11)8-12-6-4-3-5-7-12/h3-7H,1,8-10H2,2H3/t13-,14-/m1/s1. The Kier molecular flexibility index (Phi) is 2.03. The Morgan fingerprint density at radius 3 is 2.62 bits per heavy atom. The molecule has 16 heavy (non-hydrogen) atoms. The number of benzene rings is 1. The molecule has 1 nitrogen and oxygen atoms in total. The Bertz CT molecular complexity index is 441. The fourth-order valence-corrected chi connectivity index (χ4v) is 3.84. The summed E-state index contributed by atoms with van der Waals surface area (Å²) in [5.41, 5.74) is 3.04. The third kappa shape index (κ3) is 1.29. The highest BCUT2D eigenvalue weighted by Crippen LogP contribution is 2.70. The molecule has 1 saturated carbocycles. The van der Waals surface area contributed by atoms with Crippen molar-refractivity contribution in [2.75, 3.05) is 6.54 Å². The average molecular weight is 278 g/mol. The summed E-state index contributed by atoms with van der Waals surface area (Å²) in [5.74, 6) is 0. The highest BCUT2D eigenvalue weighted by atomic mass is 79.9. The molecule has 2 heteroatoms. The van der Waals surface area contributed by atoms with E-state index in [2.05, 4.69) is 64.7 Å². The first-order valence-corrected chi connectivity index (χ1v) is 6.52. The molecular formula is C14H16BrN. The maximum atomic E-state index is 4.25. The lowest BCUT2D eigenvalue weighted by Gasteiger charge is -2.24. The molecule has 2 fully saturated rings. The summed E-state index contributed by atoms with van der Waals surface area (Å²) in [4.78, 5) is 2.41. The topological polar surface area (TPSA) is 3.24 Å². The second kappa shape index (κ2) is 3.13. The fourth-order valence-electron chi connectivity index (χ4n) is 2.85. The largest absolute Gasteiger partial charge is 0.369 e. The van der Waals surface area contributed by atoms with Gasteiger partial charge in [-0.3, -0.25) is 0 Å². The summed E-state index contributed by atoms with van der Waals surface area (Å²) in [6, 6.07) is 10.6. The van der Waals surface area contributed by atoms with Gasteiger partial charge in [0.15, 0.2) is 0 Å². The van der Waals surface area contributed by atoms with Crippen LogP contribution in [-0.4, -0.2) is 15.8 Å². The van der Waals surface area contributed by atoms with E-state index in [9.17, 15) is 0 Å². The van der Waals surface area contributed by atoms with Gasteiger partial charge in [-0.1, -0.05) is 59.8 Å². The van der Waals surface area contributed by atoms with E-state index >= 15 is 0 Å². The molecular weight excluding hydrogens is 262 g/mol. The lowest BCUT2D eigenvalue weighted by atomic mass is 10.1. The van der Waals surface area contributed by atoms with Gasteiger partial charge < -0.3 is 4.90 Å². The quantitative estimate of drug-likeness (QED) is 0.748. The van der Waals surface area contributed by atoms with Crippen LogP contribution in [0.4, 0.5) is 0 Å². The van der Waals surface area contributed by atoms with Crippen LogP contribution < -0.4 is 0 Å². The van der Waals surface area contributed by atoms with Crippen molar-refractivity contribution in [1.82, 2.24) is 4.90 Å². The highest BCUT2D eigenvalue weighted by molar-refractivity contribution is 9.10. The minimum atomic E-state index is 0.203. The van der Waals surface area contributed by atoms with E-state index < -0.39 is 0 Å². The van der Waals surface area contributed by atoms with E-state index in [1.165, 1.54) is 17.7 Å². The van der Waals surface area contributed by atoms with Crippen LogP contribution in [0.15, 0.2) is 42.6 Å². The lowest BCUT2D eigenvalue weighted by Crippen LogP contribution is -2.22. The van der Waals surface area contributed by atoms with Crippen LogP contribution in [-0.2, 0) is 6.54 Å². The van der Waals surface area contributed by atoms with Crippen LogP contribution in [0.1, 0.15) is 18.9 Å². The zero-order chi connectivity index (χ0) is 11.4. The number of halogens is 1. The summed E-state index contributed by atoms with van der Waals surface area (Å²) >= 11 is 3.85. The molecule has 1 aromatic carbocycles. The van der Waals surface area contributed by atoms with Gasteiger partial charge in [0.2, 0.25) is 0 Å². The minimum Gasteiger partial charge on any atom is -0.369 e. The Labute approximate surface area is 105 Å². The van der Waals surface area contributed by atoms with Crippen molar-refractivity contribution in [3.8, 4) is 0 Å². The van der Waals surface area contributed by atoms with Gasteiger partial charge in [0.1, 0.15) is 0 Å². The summed E-state index contributed by atoms with van der Waals surface area (Å²) in [5, 5.41) is 0. The zero-order valence-electron chi connectivity index (χ0n) is 9.54. The number of hydrogen-bond donors (Lipinski definition) is 0. The Morgan fingerprint density at radius 1 is 1.38 bits per heavy atom. The van der Waals surface area contributed by atoms with Crippen molar-refractivity contribution in [1.29, 1.82) is 0 Å². The van der Waals surface area contributed by atoms with Gasteiger partial charge >= 0.3 is 0 Å². The summed E-state index contributed by atoms with van der Waals surface area (Å²) < 4.78 is 0.203. The molecule has 1 saturated heterocycles. The van der Waals surface area contributed by atoms with Gasteiger partial charge in [-0.05, 0) is 12.0 Å². The van der Waals surface area contributed by atoms with E-state index in [4.69, 9.17) is 0 Å². The Hall–Kier alpha value is -0.760. The smallest absolute Gasteiger partial charge is 0.0725 e. The first-order chi connectivity index (χ1) is 7.55. The van der Waals surface area contributed by atoms with Crippen LogP contribution in [0.25, 0.3) is 0 Å². The van der Waals surface area contributed by atoms with E-state index in [-0.39, 0.29) is 4.32 Å². The molecule has 2 aliphatic rings. The van der Waals surface area contributed by atoms with E-state index in [0.29, 0.717) is 5.41 Å². The zero-order valence-corrected chi connectivity index (χ0v) is 11.1. The van der Waals surface area contributed by atoms with Crippen LogP contribution in [0.5, 0.6) is 0 Å². The number of fused-ring (bicyclic) bond motifs is 1. The van der Waals surface area contributed by atoms with Gasteiger partial charge in [0, 0.05) is 24.2 Å². The molecule has 0 bridgehead atoms. The molecule has 0 N–H and O–H groups in total. The maximum Gasteiger partial charge on any atom is 0.0725 e. The second-order valence-electron chi connectivity index (χ2n) is 5.33. The van der Waals surface area contributed by atoms with Crippen molar-refractivity contribution in [2.24, 2.45) is 5.41 Å². The van der Waals surface area contributed by atoms with Crippen molar-refractivity contribution in [3.05, 3.63) is 48.2 Å². The number of nitrogens with zero attached hydrogens (tertiary/aromatic N) is 1. The molecule has 2 atom stereocenters. The molecule has 1 heterocycles. The lowest BCUT2D eigenvalue weighted by molar-refractivity contribution is 0.324. The Balaban J connectivity index is 1.78. The molecule has 0 spiro atoms. The van der Waals surface area contributed by atoms with Gasteiger partial charge in [-0.15, -0.1) is 0 Å². The van der Waals surface area contributed by atoms with Crippen molar-refractivity contribution >= 4 is 15.9 Å². The monoisotopic (exact) mass is 277 g/mol. The molecule has 0 amide bonds. The molecule has 1 aliphatic carbocycles. The fraction of sp³-hybridized carbons (Fsp3) is 0.429. The van der Waals surface area contributed by atoms with Gasteiger partial charge in [-0.2, -0.15) is 0 Å². The third-order valence-electron chi connectivity index (χ3n) is 4.06. The number of rotatable bonds is 2. The van der Waals surface area contributed by atoms with Crippen molar-refractivity contribution < 1.29 is 0 Å². The summed E-state index contributed by atoms with van der Waals surface area (Å²) in [6.07, 6.45) is 1.24. The van der Waals surface area contributed by atoms with Gasteiger partial charge in [0.25, 0.3) is 0 Å². The molecule has 0 aromatic heterocycles. The minimum absolute atomic E-state index is 0.203. The molecule has 0 unspecified atom stereocenters. The van der Waals surface area contributed by atoms with E-state index in [1.54, 1.807) is 0 Å². The first-order valence-electron chi connectivity index (χ1n) is 5.72. The molecule has 0 radical (unpaired) electrons. The van der Waals surface area contributed by atoms with E-state index in [1.807, 2.05) is 0 Å². The molecule has 84 valence electrons. The SMILES string of the molecule is C=C1N(Cc2ccccc2)C[C@@]2(C)C[C@@]12Br. The number of likely N-dealkylation sites (tertiary alicyclic amines) is 1. The molecule has 1 aromatic rings. The summed E-state index contributed by atoms with van der Waals surface area (Å²) in [7, 11) is 0.